The summed E-state index contributed by atoms with van der Waals surface area (Å²) in [5, 5.41) is 13.5. The van der Waals surface area contributed by atoms with Crippen LogP contribution in [0.5, 0.6) is 0 Å². The number of aliphatic hydroxyl groups is 1. The summed E-state index contributed by atoms with van der Waals surface area (Å²) in [5.74, 6) is 0.332. The predicted molar refractivity (Wildman–Crippen MR) is 144 cm³/mol. The van der Waals surface area contributed by atoms with Gasteiger partial charge in [-0.2, -0.15) is 0 Å². The molecule has 5 aliphatic carbocycles. The Morgan fingerprint density at radius 3 is 2.39 bits per heavy atom. The van der Waals surface area contributed by atoms with E-state index in [0.717, 1.165) is 56.1 Å². The van der Waals surface area contributed by atoms with Gasteiger partial charge in [0.25, 0.3) is 0 Å². The highest BCUT2D eigenvalue weighted by Gasteiger charge is 2.68. The number of allylic oxidation sites excluding steroid dienone is 7. The second-order valence-electron chi connectivity index (χ2n) is 13.6. The first kappa shape index (κ1) is 25.5. The number of aliphatic hydroxyl groups excluding tert-OH is 1. The van der Waals surface area contributed by atoms with Crippen molar-refractivity contribution in [3.8, 4) is 0 Å². The minimum atomic E-state index is -0.312. The van der Waals surface area contributed by atoms with Gasteiger partial charge in [-0.25, -0.2) is 0 Å². The highest BCUT2D eigenvalue weighted by atomic mass is 16.3. The van der Waals surface area contributed by atoms with Crippen LogP contribution in [-0.2, 0) is 9.59 Å². The molecule has 0 aromatic rings. The number of hydrogen-bond acceptors (Lipinski definition) is 3. The first-order chi connectivity index (χ1) is 16.8. The number of rotatable bonds is 3. The van der Waals surface area contributed by atoms with Crippen molar-refractivity contribution < 1.29 is 14.7 Å². The molecule has 0 aromatic carbocycles. The predicted octanol–water partition coefficient (Wildman–Crippen LogP) is 7.14. The van der Waals surface area contributed by atoms with Gasteiger partial charge in [-0.05, 0) is 105 Å². The molecule has 4 heteroatoms. The van der Waals surface area contributed by atoms with Crippen molar-refractivity contribution in [3.05, 3.63) is 46.3 Å². The largest absolute Gasteiger partial charge is 0.504 e. The number of nitrogens with one attached hydrogen (secondary N) is 1. The maximum Gasteiger partial charge on any atom is 0.225 e. The van der Waals surface area contributed by atoms with Crippen molar-refractivity contribution in [1.29, 1.82) is 0 Å². The molecule has 0 bridgehead atoms. The van der Waals surface area contributed by atoms with Gasteiger partial charge in [0, 0.05) is 22.9 Å². The number of carbonyl (C=O) groups excluding carboxylic acids is 2. The topological polar surface area (TPSA) is 66.4 Å². The molecule has 4 nitrogen and oxygen atoms in total. The summed E-state index contributed by atoms with van der Waals surface area (Å²) in [7, 11) is 0. The summed E-state index contributed by atoms with van der Waals surface area (Å²) in [4.78, 5) is 26.0. The molecule has 5 rings (SSSR count). The van der Waals surface area contributed by atoms with E-state index in [9.17, 15) is 14.7 Å². The highest BCUT2D eigenvalue weighted by molar-refractivity contribution is 6.06. The molecule has 0 radical (unpaired) electrons. The average molecular weight is 492 g/mol. The van der Waals surface area contributed by atoms with Crippen molar-refractivity contribution in [3.63, 3.8) is 0 Å². The summed E-state index contributed by atoms with van der Waals surface area (Å²) in [6.07, 6.45) is 14.8. The smallest absolute Gasteiger partial charge is 0.225 e. The Bertz CT molecular complexity index is 1160. The van der Waals surface area contributed by atoms with E-state index in [1.165, 1.54) is 12.0 Å². The van der Waals surface area contributed by atoms with E-state index >= 15 is 0 Å². The van der Waals surface area contributed by atoms with E-state index in [0.29, 0.717) is 18.0 Å². The zero-order valence-corrected chi connectivity index (χ0v) is 23.4. The first-order valence-electron chi connectivity index (χ1n) is 14.2. The fourth-order valence-corrected chi connectivity index (χ4v) is 9.61. The summed E-state index contributed by atoms with van der Waals surface area (Å²) >= 11 is 0. The minimum absolute atomic E-state index is 0.00143. The van der Waals surface area contributed by atoms with Crippen molar-refractivity contribution in [1.82, 2.24) is 5.32 Å². The molecule has 0 unspecified atom stereocenters. The third kappa shape index (κ3) is 3.05. The second kappa shape index (κ2) is 7.95. The Balaban J connectivity index is 1.64. The number of ketones is 1. The van der Waals surface area contributed by atoms with Crippen LogP contribution in [0.15, 0.2) is 46.3 Å². The molecular formula is C32H45NO3. The van der Waals surface area contributed by atoms with Crippen molar-refractivity contribution in [2.45, 2.75) is 99.8 Å². The van der Waals surface area contributed by atoms with Crippen LogP contribution >= 0.6 is 0 Å². The van der Waals surface area contributed by atoms with Gasteiger partial charge >= 0.3 is 0 Å². The van der Waals surface area contributed by atoms with Crippen LogP contribution < -0.4 is 5.32 Å². The Morgan fingerprint density at radius 1 is 1.03 bits per heavy atom. The summed E-state index contributed by atoms with van der Waals surface area (Å²) in [5.41, 5.74) is 4.14. The molecule has 3 saturated carbocycles. The van der Waals surface area contributed by atoms with Crippen LogP contribution in [0.3, 0.4) is 0 Å². The number of amides is 1. The lowest BCUT2D eigenvalue weighted by Gasteiger charge is -2.71. The van der Waals surface area contributed by atoms with Crippen LogP contribution in [0.2, 0.25) is 0 Å². The molecule has 5 aliphatic rings. The van der Waals surface area contributed by atoms with Gasteiger partial charge in [-0.15, -0.1) is 0 Å². The monoisotopic (exact) mass is 491 g/mol. The molecule has 0 saturated heterocycles. The first-order valence-corrected chi connectivity index (χ1v) is 14.2. The van der Waals surface area contributed by atoms with E-state index in [4.69, 9.17) is 0 Å². The van der Waals surface area contributed by atoms with E-state index < -0.39 is 0 Å². The maximum absolute atomic E-state index is 13.3. The van der Waals surface area contributed by atoms with Gasteiger partial charge < -0.3 is 10.4 Å². The molecule has 0 aliphatic heterocycles. The third-order valence-electron chi connectivity index (χ3n) is 12.1. The molecule has 2 N–H and O–H groups in total. The summed E-state index contributed by atoms with van der Waals surface area (Å²) < 4.78 is 0. The average Bonchev–Trinajstić information content (AvgIpc) is 2.84. The normalized spacial score (nSPS) is 43.8. The molecule has 1 amide bonds. The fourth-order valence-electron chi connectivity index (χ4n) is 9.61. The number of fused-ring (bicyclic) bond motifs is 7. The zero-order valence-electron chi connectivity index (χ0n) is 23.4. The van der Waals surface area contributed by atoms with Gasteiger partial charge in [0.1, 0.15) is 0 Å². The van der Waals surface area contributed by atoms with E-state index in [-0.39, 0.29) is 44.5 Å². The maximum atomic E-state index is 13.3. The van der Waals surface area contributed by atoms with Gasteiger partial charge in [0.05, 0.1) is 0 Å². The van der Waals surface area contributed by atoms with Crippen molar-refractivity contribution in [2.75, 3.05) is 6.54 Å². The molecule has 3 fully saturated rings. The zero-order chi connectivity index (χ0) is 26.3. The van der Waals surface area contributed by atoms with Crippen LogP contribution in [0, 0.1) is 33.0 Å². The molecule has 0 aromatic heterocycles. The van der Waals surface area contributed by atoms with Crippen molar-refractivity contribution in [2.24, 2.45) is 33.0 Å². The van der Waals surface area contributed by atoms with Gasteiger partial charge in [0.2, 0.25) is 11.7 Å². The number of carbonyl (C=O) groups is 2. The summed E-state index contributed by atoms with van der Waals surface area (Å²) in [6, 6.07) is 0. The quantitative estimate of drug-likeness (QED) is 0.441. The van der Waals surface area contributed by atoms with Gasteiger partial charge in [-0.1, -0.05) is 52.3 Å². The van der Waals surface area contributed by atoms with E-state index in [1.807, 2.05) is 13.8 Å². The fraction of sp³-hybridized carbons (Fsp3) is 0.688. The van der Waals surface area contributed by atoms with Crippen LogP contribution in [0.25, 0.3) is 0 Å². The SMILES string of the molecule is CCNC(=O)[C@]1(C)CC[C@]2(C)CC[C@]3(C)C4=CC=C5C(=CC(=O)C(O)=C5C)[C@]4(C)CC[C@@]3(CC)[C@@H]2C1. The lowest BCUT2D eigenvalue weighted by Crippen LogP contribution is -2.63. The Labute approximate surface area is 217 Å². The Hall–Kier alpha value is -2.10. The van der Waals surface area contributed by atoms with Gasteiger partial charge in [-0.3, -0.25) is 9.59 Å². The lowest BCUT2D eigenvalue weighted by atomic mass is 9.33. The second-order valence-corrected chi connectivity index (χ2v) is 13.6. The highest BCUT2D eigenvalue weighted by Crippen LogP contribution is 2.76. The Morgan fingerprint density at radius 2 is 1.72 bits per heavy atom. The lowest BCUT2D eigenvalue weighted by molar-refractivity contribution is -0.177. The van der Waals surface area contributed by atoms with E-state index in [2.05, 4.69) is 52.1 Å². The van der Waals surface area contributed by atoms with Crippen LogP contribution in [-0.4, -0.2) is 23.3 Å². The molecule has 0 heterocycles. The molecule has 36 heavy (non-hydrogen) atoms. The van der Waals surface area contributed by atoms with Crippen molar-refractivity contribution >= 4 is 11.7 Å². The minimum Gasteiger partial charge on any atom is -0.504 e. The molecule has 196 valence electrons. The third-order valence-corrected chi connectivity index (χ3v) is 12.1. The van der Waals surface area contributed by atoms with E-state index in [1.54, 1.807) is 6.08 Å². The summed E-state index contributed by atoms with van der Waals surface area (Å²) in [6.45, 7) is 16.5. The van der Waals surface area contributed by atoms with Crippen LogP contribution in [0.1, 0.15) is 99.8 Å². The standard InChI is InChI=1S/C32H45NO3/c1-8-32-17-15-30(6)22-18-23(34)26(35)20(3)21(22)10-11-24(30)31(32,7)16-14-28(4)12-13-29(5,19-25(28)32)27(36)33-9-2/h10-11,18,25,35H,8-9,12-17,19H2,1-7H3,(H,33,36)/t25-,28-,29-,30+,31-,32+/m1/s1. The molecule has 6 atom stereocenters. The van der Waals surface area contributed by atoms with Crippen LogP contribution in [0.4, 0.5) is 0 Å². The number of hydrogen-bond donors (Lipinski definition) is 2. The molecule has 0 spiro atoms. The Kier molecular flexibility index (Phi) is 5.64. The van der Waals surface area contributed by atoms with Gasteiger partial charge in [0.15, 0.2) is 5.76 Å². The molecular weight excluding hydrogens is 446 g/mol.